The number of benzene rings is 1. The number of hydrogen-bond donors (Lipinski definition) is 1. The van der Waals surface area contributed by atoms with Gasteiger partial charge < -0.3 is 14.5 Å². The van der Waals surface area contributed by atoms with E-state index in [0.29, 0.717) is 39.3 Å². The maximum Gasteiger partial charge on any atom is 0.339 e. The largest absolute Gasteiger partial charge is 0.463 e. The summed E-state index contributed by atoms with van der Waals surface area (Å²) in [5.41, 5.74) is 3.56. The molecule has 0 bridgehead atoms. The molecule has 4 rings (SSSR count). The maximum atomic E-state index is 13.0. The van der Waals surface area contributed by atoms with Crippen LogP contribution in [-0.2, 0) is 16.6 Å². The lowest BCUT2D eigenvalue weighted by atomic mass is 10.1. The van der Waals surface area contributed by atoms with Crippen molar-refractivity contribution < 1.29 is 18.7 Å². The van der Waals surface area contributed by atoms with Crippen LogP contribution in [0.25, 0.3) is 22.4 Å². The van der Waals surface area contributed by atoms with Crippen LogP contribution < -0.4 is 5.32 Å². The minimum Gasteiger partial charge on any atom is -0.463 e. The molecule has 1 N–H and O–H groups in total. The number of rotatable bonds is 5. The van der Waals surface area contributed by atoms with Crippen LogP contribution in [-0.4, -0.2) is 32.7 Å². The summed E-state index contributed by atoms with van der Waals surface area (Å²) < 4.78 is 12.6. The number of nitrogens with one attached hydrogen (secondary N) is 1. The fourth-order valence-corrected chi connectivity index (χ4v) is 3.35. The summed E-state index contributed by atoms with van der Waals surface area (Å²) in [6, 6.07) is 12.4. The number of carbonyl (C=O) groups is 2. The molecule has 0 fully saturated rings. The Morgan fingerprint density at radius 3 is 2.61 bits per heavy atom. The minimum absolute atomic E-state index is 0.311. The van der Waals surface area contributed by atoms with Gasteiger partial charge in [-0.25, -0.2) is 9.78 Å². The van der Waals surface area contributed by atoms with E-state index >= 15 is 0 Å². The number of carbonyl (C=O) groups excluding carboxylic acids is 2. The van der Waals surface area contributed by atoms with Crippen molar-refractivity contribution in [2.24, 2.45) is 7.05 Å². The van der Waals surface area contributed by atoms with E-state index in [2.05, 4.69) is 15.4 Å². The highest BCUT2D eigenvalue weighted by molar-refractivity contribution is 6.06. The molecule has 8 nitrogen and oxygen atoms in total. The number of anilines is 1. The highest BCUT2D eigenvalue weighted by Crippen LogP contribution is 2.26. The number of furan rings is 1. The monoisotopic (exact) mass is 418 g/mol. The molecule has 0 aliphatic carbocycles. The van der Waals surface area contributed by atoms with Gasteiger partial charge in [0.2, 0.25) is 0 Å². The lowest BCUT2D eigenvalue weighted by Gasteiger charge is -2.15. The third-order valence-corrected chi connectivity index (χ3v) is 5.12. The standard InChI is InChI=1S/C23H22N4O4/c1-13-21(14(2)27(4)26-13)25-22(28)15(3)31-23(29)17-12-19(20-10-7-11-30-20)24-18-9-6-5-8-16(17)18/h5-12,15H,1-4H3,(H,25,28)/t15-/m0/s1. The van der Waals surface area contributed by atoms with E-state index < -0.39 is 18.0 Å². The lowest BCUT2D eigenvalue weighted by molar-refractivity contribution is -0.123. The first-order chi connectivity index (χ1) is 14.8. The van der Waals surface area contributed by atoms with Crippen molar-refractivity contribution in [3.8, 4) is 11.5 Å². The van der Waals surface area contributed by atoms with Crippen LogP contribution >= 0.6 is 0 Å². The Balaban J connectivity index is 1.60. The summed E-state index contributed by atoms with van der Waals surface area (Å²) in [7, 11) is 1.80. The zero-order valence-corrected chi connectivity index (χ0v) is 17.7. The van der Waals surface area contributed by atoms with Gasteiger partial charge in [-0.05, 0) is 45.0 Å². The van der Waals surface area contributed by atoms with Crippen LogP contribution in [0.3, 0.4) is 0 Å². The second kappa shape index (κ2) is 8.06. The van der Waals surface area contributed by atoms with E-state index in [1.807, 2.05) is 25.1 Å². The highest BCUT2D eigenvalue weighted by Gasteiger charge is 2.23. The lowest BCUT2D eigenvalue weighted by Crippen LogP contribution is -2.30. The summed E-state index contributed by atoms with van der Waals surface area (Å²) in [4.78, 5) is 30.2. The van der Waals surface area contributed by atoms with E-state index in [0.717, 1.165) is 5.69 Å². The molecule has 0 saturated carbocycles. The normalized spacial score (nSPS) is 12.0. The van der Waals surface area contributed by atoms with Crippen molar-refractivity contribution in [2.75, 3.05) is 5.32 Å². The van der Waals surface area contributed by atoms with Crippen LogP contribution in [0.5, 0.6) is 0 Å². The number of aryl methyl sites for hydroxylation is 2. The first kappa shape index (κ1) is 20.3. The van der Waals surface area contributed by atoms with Gasteiger partial charge in [0.05, 0.1) is 34.4 Å². The van der Waals surface area contributed by atoms with Crippen molar-refractivity contribution in [1.29, 1.82) is 0 Å². The molecule has 0 spiro atoms. The Kier molecular flexibility index (Phi) is 5.29. The molecule has 1 amide bonds. The molecule has 0 unspecified atom stereocenters. The topological polar surface area (TPSA) is 99.2 Å². The SMILES string of the molecule is Cc1nn(C)c(C)c1NC(=O)[C@H](C)OC(=O)c1cc(-c2ccco2)nc2ccccc12. The molecule has 0 saturated heterocycles. The molecule has 0 aliphatic rings. The van der Waals surface area contributed by atoms with Crippen molar-refractivity contribution in [2.45, 2.75) is 26.9 Å². The third-order valence-electron chi connectivity index (χ3n) is 5.12. The molecule has 0 aliphatic heterocycles. The van der Waals surface area contributed by atoms with E-state index in [1.165, 1.54) is 6.92 Å². The van der Waals surface area contributed by atoms with Gasteiger partial charge >= 0.3 is 5.97 Å². The quantitative estimate of drug-likeness (QED) is 0.491. The molecule has 3 heterocycles. The van der Waals surface area contributed by atoms with Crippen molar-refractivity contribution in [1.82, 2.24) is 14.8 Å². The summed E-state index contributed by atoms with van der Waals surface area (Å²) >= 11 is 0. The van der Waals surface area contributed by atoms with Crippen LogP contribution in [0.15, 0.2) is 53.1 Å². The van der Waals surface area contributed by atoms with Gasteiger partial charge in [-0.1, -0.05) is 18.2 Å². The summed E-state index contributed by atoms with van der Waals surface area (Å²) in [6.45, 7) is 5.19. The van der Waals surface area contributed by atoms with Crippen LogP contribution in [0.1, 0.15) is 28.7 Å². The molecule has 158 valence electrons. The Hall–Kier alpha value is -3.94. The fourth-order valence-electron chi connectivity index (χ4n) is 3.35. The van der Waals surface area contributed by atoms with E-state index in [9.17, 15) is 9.59 Å². The average Bonchev–Trinajstić information content (AvgIpc) is 3.37. The Labute approximate surface area is 178 Å². The highest BCUT2D eigenvalue weighted by atomic mass is 16.5. The number of hydrogen-bond acceptors (Lipinski definition) is 6. The zero-order chi connectivity index (χ0) is 22.1. The predicted molar refractivity (Wildman–Crippen MR) is 116 cm³/mol. The van der Waals surface area contributed by atoms with Gasteiger partial charge in [0, 0.05) is 12.4 Å². The third kappa shape index (κ3) is 3.92. The summed E-state index contributed by atoms with van der Waals surface area (Å²) in [5, 5.41) is 7.71. The summed E-state index contributed by atoms with van der Waals surface area (Å²) in [6.07, 6.45) is 0.532. The zero-order valence-electron chi connectivity index (χ0n) is 17.7. The van der Waals surface area contributed by atoms with Gasteiger partial charge in [-0.3, -0.25) is 9.48 Å². The van der Waals surface area contributed by atoms with Gasteiger partial charge in [0.15, 0.2) is 11.9 Å². The number of esters is 1. The van der Waals surface area contributed by atoms with Gasteiger partial charge in [-0.15, -0.1) is 0 Å². The number of ether oxygens (including phenoxy) is 1. The van der Waals surface area contributed by atoms with E-state index in [1.54, 1.807) is 49.2 Å². The second-order valence-electron chi connectivity index (χ2n) is 7.26. The molecule has 4 aromatic rings. The van der Waals surface area contributed by atoms with Crippen molar-refractivity contribution in [3.63, 3.8) is 0 Å². The number of fused-ring (bicyclic) bond motifs is 1. The molecule has 8 heteroatoms. The fraction of sp³-hybridized carbons (Fsp3) is 0.217. The Morgan fingerprint density at radius 1 is 1.16 bits per heavy atom. The number of nitrogens with zero attached hydrogens (tertiary/aromatic N) is 3. The van der Waals surface area contributed by atoms with E-state index in [-0.39, 0.29) is 0 Å². The van der Waals surface area contributed by atoms with Crippen LogP contribution in [0, 0.1) is 13.8 Å². The predicted octanol–water partition coefficient (Wildman–Crippen LogP) is 4.03. The summed E-state index contributed by atoms with van der Waals surface area (Å²) in [5.74, 6) is -0.515. The molecule has 1 atom stereocenters. The van der Waals surface area contributed by atoms with Gasteiger partial charge in [0.25, 0.3) is 5.91 Å². The van der Waals surface area contributed by atoms with Crippen LogP contribution in [0.4, 0.5) is 5.69 Å². The minimum atomic E-state index is -1.01. The van der Waals surface area contributed by atoms with E-state index in [4.69, 9.17) is 9.15 Å². The first-order valence-electron chi connectivity index (χ1n) is 9.81. The maximum absolute atomic E-state index is 13.0. The number of amides is 1. The van der Waals surface area contributed by atoms with Crippen LogP contribution in [0.2, 0.25) is 0 Å². The van der Waals surface area contributed by atoms with Gasteiger partial charge in [-0.2, -0.15) is 5.10 Å². The number of pyridine rings is 1. The second-order valence-corrected chi connectivity index (χ2v) is 7.26. The first-order valence-corrected chi connectivity index (χ1v) is 9.81. The molecule has 3 aromatic heterocycles. The molecule has 31 heavy (non-hydrogen) atoms. The van der Waals surface area contributed by atoms with Crippen molar-refractivity contribution >= 4 is 28.5 Å². The molecular weight excluding hydrogens is 396 g/mol. The van der Waals surface area contributed by atoms with Gasteiger partial charge in [0.1, 0.15) is 5.69 Å². The molecule has 1 aromatic carbocycles. The molecule has 0 radical (unpaired) electrons. The number of para-hydroxylation sites is 1. The smallest absolute Gasteiger partial charge is 0.339 e. The average molecular weight is 418 g/mol. The number of aromatic nitrogens is 3. The van der Waals surface area contributed by atoms with Crippen molar-refractivity contribution in [3.05, 3.63) is 65.7 Å². The Morgan fingerprint density at radius 2 is 1.94 bits per heavy atom. The Bertz CT molecular complexity index is 1270. The molecular formula is C23H22N4O4.